The summed E-state index contributed by atoms with van der Waals surface area (Å²) in [5.41, 5.74) is 5.42. The minimum absolute atomic E-state index is 0.103. The number of rotatable bonds is 6. The molecule has 0 radical (unpaired) electrons. The molecule has 0 saturated carbocycles. The zero-order chi connectivity index (χ0) is 10.5. The van der Waals surface area contributed by atoms with E-state index in [1.807, 2.05) is 20.8 Å². The monoisotopic (exact) mass is 189 g/mol. The van der Waals surface area contributed by atoms with Crippen LogP contribution >= 0.6 is 0 Å². The van der Waals surface area contributed by atoms with E-state index in [4.69, 9.17) is 10.5 Å². The van der Waals surface area contributed by atoms with Gasteiger partial charge in [-0.3, -0.25) is 0 Å². The molecule has 3 nitrogen and oxygen atoms in total. The van der Waals surface area contributed by atoms with Crippen LogP contribution in [0.5, 0.6) is 0 Å². The smallest absolute Gasteiger partial charge is 0.0866 e. The highest BCUT2D eigenvalue weighted by molar-refractivity contribution is 4.86. The topological polar surface area (TPSA) is 55.5 Å². The Bertz CT molecular complexity index is 131. The average Bonchev–Trinajstić information content (AvgIpc) is 2.18. The van der Waals surface area contributed by atoms with E-state index in [1.54, 1.807) is 7.11 Å². The Hall–Kier alpha value is -0.120. The normalized spacial score (nSPS) is 20.8. The van der Waals surface area contributed by atoms with Crippen molar-refractivity contribution in [3.63, 3.8) is 0 Å². The first-order chi connectivity index (χ1) is 6.05. The van der Waals surface area contributed by atoms with E-state index in [9.17, 15) is 5.11 Å². The Morgan fingerprint density at radius 1 is 1.46 bits per heavy atom. The van der Waals surface area contributed by atoms with Crippen molar-refractivity contribution in [1.82, 2.24) is 0 Å². The second-order valence-electron chi connectivity index (χ2n) is 3.84. The molecule has 0 aromatic carbocycles. The molecule has 13 heavy (non-hydrogen) atoms. The average molecular weight is 189 g/mol. The van der Waals surface area contributed by atoms with Crippen molar-refractivity contribution >= 4 is 0 Å². The third-order valence-electron chi connectivity index (χ3n) is 3.05. The summed E-state index contributed by atoms with van der Waals surface area (Å²) >= 11 is 0. The number of hydrogen-bond donors (Lipinski definition) is 2. The highest BCUT2D eigenvalue weighted by Crippen LogP contribution is 2.28. The molecule has 0 aliphatic carbocycles. The summed E-state index contributed by atoms with van der Waals surface area (Å²) in [4.78, 5) is 0. The molecule has 0 aromatic heterocycles. The third-order valence-corrected chi connectivity index (χ3v) is 3.05. The van der Waals surface area contributed by atoms with E-state index >= 15 is 0 Å². The van der Waals surface area contributed by atoms with E-state index < -0.39 is 6.10 Å². The molecule has 0 aliphatic rings. The number of methoxy groups -OCH3 is 1. The predicted octanol–water partition coefficient (Wildman–Crippen LogP) is 1.15. The SMILES string of the molecule is CCC(OC)C(O)C(C)(CC)CN. The van der Waals surface area contributed by atoms with Crippen LogP contribution in [0.3, 0.4) is 0 Å². The van der Waals surface area contributed by atoms with Crippen LogP contribution in [0.4, 0.5) is 0 Å². The van der Waals surface area contributed by atoms with Gasteiger partial charge in [-0.1, -0.05) is 20.8 Å². The lowest BCUT2D eigenvalue weighted by atomic mass is 9.78. The molecular formula is C10H23NO2. The zero-order valence-corrected chi connectivity index (χ0v) is 9.21. The van der Waals surface area contributed by atoms with Crippen molar-refractivity contribution in [3.05, 3.63) is 0 Å². The van der Waals surface area contributed by atoms with Gasteiger partial charge in [0.05, 0.1) is 12.2 Å². The lowest BCUT2D eigenvalue weighted by Crippen LogP contribution is -2.46. The number of hydrogen-bond acceptors (Lipinski definition) is 3. The summed E-state index contributed by atoms with van der Waals surface area (Å²) in [6.45, 7) is 6.53. The van der Waals surface area contributed by atoms with E-state index in [0.29, 0.717) is 6.54 Å². The highest BCUT2D eigenvalue weighted by Gasteiger charge is 2.34. The van der Waals surface area contributed by atoms with Crippen LogP contribution in [-0.2, 0) is 4.74 Å². The van der Waals surface area contributed by atoms with Gasteiger partial charge in [-0.2, -0.15) is 0 Å². The Kier molecular flexibility index (Phi) is 5.53. The van der Waals surface area contributed by atoms with Crippen molar-refractivity contribution in [1.29, 1.82) is 0 Å². The molecular weight excluding hydrogens is 166 g/mol. The highest BCUT2D eigenvalue weighted by atomic mass is 16.5. The van der Waals surface area contributed by atoms with Crippen molar-refractivity contribution in [2.24, 2.45) is 11.1 Å². The summed E-state index contributed by atoms with van der Waals surface area (Å²) in [6, 6.07) is 0. The predicted molar refractivity (Wildman–Crippen MR) is 54.5 cm³/mol. The Balaban J connectivity index is 4.42. The Morgan fingerprint density at radius 3 is 2.23 bits per heavy atom. The molecule has 0 bridgehead atoms. The summed E-state index contributed by atoms with van der Waals surface area (Å²) in [5.74, 6) is 0. The van der Waals surface area contributed by atoms with Gasteiger partial charge in [-0.25, -0.2) is 0 Å². The van der Waals surface area contributed by atoms with Gasteiger partial charge in [0, 0.05) is 19.1 Å². The summed E-state index contributed by atoms with van der Waals surface area (Å²) < 4.78 is 5.21. The van der Waals surface area contributed by atoms with Crippen LogP contribution in [0, 0.1) is 5.41 Å². The lowest BCUT2D eigenvalue weighted by molar-refractivity contribution is -0.0758. The van der Waals surface area contributed by atoms with Gasteiger partial charge in [0.2, 0.25) is 0 Å². The van der Waals surface area contributed by atoms with Gasteiger partial charge in [-0.05, 0) is 12.8 Å². The van der Waals surface area contributed by atoms with Crippen molar-refractivity contribution in [3.8, 4) is 0 Å². The van der Waals surface area contributed by atoms with Gasteiger partial charge in [0.15, 0.2) is 0 Å². The second-order valence-corrected chi connectivity index (χ2v) is 3.84. The van der Waals surface area contributed by atoms with Gasteiger partial charge >= 0.3 is 0 Å². The van der Waals surface area contributed by atoms with Crippen molar-refractivity contribution in [2.45, 2.75) is 45.8 Å². The maximum atomic E-state index is 10.0. The fourth-order valence-corrected chi connectivity index (χ4v) is 1.44. The summed E-state index contributed by atoms with van der Waals surface area (Å²) in [6.07, 6.45) is 1.10. The van der Waals surface area contributed by atoms with Crippen LogP contribution in [0.25, 0.3) is 0 Å². The number of aliphatic hydroxyl groups excluding tert-OH is 1. The quantitative estimate of drug-likeness (QED) is 0.659. The summed E-state index contributed by atoms with van der Waals surface area (Å²) in [5, 5.41) is 10.0. The van der Waals surface area contributed by atoms with Crippen molar-refractivity contribution in [2.75, 3.05) is 13.7 Å². The molecule has 0 aliphatic heterocycles. The minimum Gasteiger partial charge on any atom is -0.390 e. The molecule has 0 amide bonds. The number of aliphatic hydroxyl groups is 1. The maximum absolute atomic E-state index is 10.0. The second kappa shape index (κ2) is 5.58. The molecule has 3 heteroatoms. The Labute approximate surface area is 81.3 Å². The number of nitrogens with two attached hydrogens (primary N) is 1. The standard InChI is InChI=1S/C10H23NO2/c1-5-8(13-4)9(12)10(3,6-2)7-11/h8-9,12H,5-7,11H2,1-4H3. The van der Waals surface area contributed by atoms with E-state index in [2.05, 4.69) is 0 Å². The fraction of sp³-hybridized carbons (Fsp3) is 1.00. The van der Waals surface area contributed by atoms with Gasteiger partial charge in [0.25, 0.3) is 0 Å². The minimum atomic E-state index is -0.475. The number of ether oxygens (including phenoxy) is 1. The fourth-order valence-electron chi connectivity index (χ4n) is 1.44. The largest absolute Gasteiger partial charge is 0.390 e. The van der Waals surface area contributed by atoms with Crippen LogP contribution in [0.1, 0.15) is 33.6 Å². The Morgan fingerprint density at radius 2 is 2.00 bits per heavy atom. The van der Waals surface area contributed by atoms with Crippen LogP contribution in [0.15, 0.2) is 0 Å². The van der Waals surface area contributed by atoms with E-state index in [0.717, 1.165) is 12.8 Å². The van der Waals surface area contributed by atoms with Crippen LogP contribution < -0.4 is 5.73 Å². The molecule has 0 aromatic rings. The van der Waals surface area contributed by atoms with E-state index in [1.165, 1.54) is 0 Å². The first-order valence-electron chi connectivity index (χ1n) is 4.96. The molecule has 0 heterocycles. The molecule has 0 saturated heterocycles. The van der Waals surface area contributed by atoms with Gasteiger partial charge < -0.3 is 15.6 Å². The first-order valence-corrected chi connectivity index (χ1v) is 4.96. The van der Waals surface area contributed by atoms with Gasteiger partial charge in [-0.15, -0.1) is 0 Å². The first kappa shape index (κ1) is 12.9. The molecule has 80 valence electrons. The molecule has 3 atom stereocenters. The molecule has 3 N–H and O–H groups in total. The molecule has 0 rings (SSSR count). The summed E-state index contributed by atoms with van der Waals surface area (Å²) in [7, 11) is 1.63. The zero-order valence-electron chi connectivity index (χ0n) is 9.21. The van der Waals surface area contributed by atoms with Crippen molar-refractivity contribution < 1.29 is 9.84 Å². The maximum Gasteiger partial charge on any atom is 0.0866 e. The van der Waals surface area contributed by atoms with E-state index in [-0.39, 0.29) is 11.5 Å². The third kappa shape index (κ3) is 2.93. The van der Waals surface area contributed by atoms with Gasteiger partial charge in [0.1, 0.15) is 0 Å². The van der Waals surface area contributed by atoms with Crippen LogP contribution in [-0.4, -0.2) is 31.0 Å². The molecule has 0 spiro atoms. The molecule has 3 unspecified atom stereocenters. The van der Waals surface area contributed by atoms with Crippen LogP contribution in [0.2, 0.25) is 0 Å². The lowest BCUT2D eigenvalue weighted by Gasteiger charge is -2.36. The molecule has 0 fully saturated rings.